The lowest BCUT2D eigenvalue weighted by Gasteiger charge is -2.06. The Hall–Kier alpha value is -3.14. The minimum Gasteiger partial charge on any atom is -0.485 e. The summed E-state index contributed by atoms with van der Waals surface area (Å²) < 4.78 is 11.3. The quantitative estimate of drug-likeness (QED) is 0.544. The molecule has 4 aromatic rings. The van der Waals surface area contributed by atoms with Crippen LogP contribution in [0.5, 0.6) is 5.75 Å². The van der Waals surface area contributed by atoms with E-state index in [9.17, 15) is 0 Å². The molecule has 0 spiro atoms. The highest BCUT2D eigenvalue weighted by Crippen LogP contribution is 2.25. The van der Waals surface area contributed by atoms with Crippen LogP contribution in [-0.2, 0) is 6.61 Å². The number of benzene rings is 2. The molecule has 0 amide bonds. The van der Waals surface area contributed by atoms with Crippen molar-refractivity contribution in [1.82, 2.24) is 10.1 Å². The van der Waals surface area contributed by atoms with Crippen LogP contribution in [0.25, 0.3) is 22.2 Å². The first-order valence-corrected chi connectivity index (χ1v) is 7.79. The molecule has 4 nitrogen and oxygen atoms in total. The van der Waals surface area contributed by atoms with Crippen molar-refractivity contribution < 1.29 is 9.26 Å². The summed E-state index contributed by atoms with van der Waals surface area (Å²) in [4.78, 5) is 4.39. The van der Waals surface area contributed by atoms with Gasteiger partial charge in [0, 0.05) is 23.2 Å². The first-order chi connectivity index (χ1) is 11.8. The molecular weight excluding hydrogens is 300 g/mol. The third kappa shape index (κ3) is 2.86. The molecule has 4 heteroatoms. The van der Waals surface area contributed by atoms with Crippen molar-refractivity contribution in [1.29, 1.82) is 0 Å². The summed E-state index contributed by atoms with van der Waals surface area (Å²) >= 11 is 0. The molecule has 0 bridgehead atoms. The summed E-state index contributed by atoms with van der Waals surface area (Å²) in [6.45, 7) is 2.40. The van der Waals surface area contributed by atoms with Gasteiger partial charge in [0.25, 0.3) is 0 Å². The van der Waals surface area contributed by atoms with E-state index in [0.29, 0.717) is 6.61 Å². The van der Waals surface area contributed by atoms with Crippen LogP contribution < -0.4 is 4.74 Å². The Labute approximate surface area is 139 Å². The van der Waals surface area contributed by atoms with Crippen LogP contribution in [-0.4, -0.2) is 10.1 Å². The van der Waals surface area contributed by atoms with Crippen molar-refractivity contribution in [2.45, 2.75) is 13.5 Å². The lowest BCUT2D eigenvalue weighted by molar-refractivity contribution is 0.293. The number of aromatic nitrogens is 2. The molecule has 0 saturated carbocycles. The fraction of sp³-hybridized carbons (Fsp3) is 0.100. The van der Waals surface area contributed by atoms with Gasteiger partial charge in [-0.25, -0.2) is 0 Å². The minimum absolute atomic E-state index is 0.338. The minimum atomic E-state index is 0.338. The highest BCUT2D eigenvalue weighted by molar-refractivity contribution is 5.84. The van der Waals surface area contributed by atoms with Crippen molar-refractivity contribution >= 4 is 10.9 Å². The Morgan fingerprint density at radius 1 is 1.00 bits per heavy atom. The van der Waals surface area contributed by atoms with E-state index in [4.69, 9.17) is 9.26 Å². The lowest BCUT2D eigenvalue weighted by Crippen LogP contribution is -1.96. The molecule has 0 fully saturated rings. The number of nitrogens with zero attached hydrogens (tertiary/aromatic N) is 2. The first-order valence-electron chi connectivity index (χ1n) is 7.79. The van der Waals surface area contributed by atoms with Crippen LogP contribution in [0.2, 0.25) is 0 Å². The fourth-order valence-electron chi connectivity index (χ4n) is 2.58. The molecule has 0 radical (unpaired) electrons. The number of rotatable bonds is 4. The summed E-state index contributed by atoms with van der Waals surface area (Å²) in [6, 6.07) is 19.9. The maximum absolute atomic E-state index is 5.89. The molecule has 0 aliphatic carbocycles. The maximum Gasteiger partial charge on any atom is 0.167 e. The van der Waals surface area contributed by atoms with Crippen LogP contribution in [0.4, 0.5) is 0 Å². The van der Waals surface area contributed by atoms with E-state index in [0.717, 1.165) is 33.7 Å². The van der Waals surface area contributed by atoms with E-state index in [1.807, 2.05) is 48.5 Å². The number of aryl methyl sites for hydroxylation is 1. The fourth-order valence-corrected chi connectivity index (χ4v) is 2.58. The number of hydrogen-bond donors (Lipinski definition) is 0. The Morgan fingerprint density at radius 2 is 1.83 bits per heavy atom. The predicted molar refractivity (Wildman–Crippen MR) is 92.8 cm³/mol. The standard InChI is InChI=1S/C20H16N2O2/c1-14-7-9-15(10-8-14)19-12-17(22-24-19)13-23-18-6-2-4-16-5-3-11-21-20(16)18/h2-12H,13H2,1H3. The molecular formula is C20H16N2O2. The van der Waals surface area contributed by atoms with Crippen LogP contribution in [0.1, 0.15) is 11.3 Å². The van der Waals surface area contributed by atoms with Crippen molar-refractivity contribution in [3.05, 3.63) is 78.1 Å². The van der Waals surface area contributed by atoms with Gasteiger partial charge in [0.05, 0.1) is 0 Å². The van der Waals surface area contributed by atoms with Crippen molar-refractivity contribution in [2.24, 2.45) is 0 Å². The van der Waals surface area contributed by atoms with Crippen molar-refractivity contribution in [3.8, 4) is 17.1 Å². The Kier molecular flexibility index (Phi) is 3.71. The molecule has 0 unspecified atom stereocenters. The number of fused-ring (bicyclic) bond motifs is 1. The second-order valence-corrected chi connectivity index (χ2v) is 5.67. The molecule has 0 atom stereocenters. The number of hydrogen-bond acceptors (Lipinski definition) is 4. The summed E-state index contributed by atoms with van der Waals surface area (Å²) in [5, 5.41) is 5.14. The van der Waals surface area contributed by atoms with Gasteiger partial charge in [0.15, 0.2) is 5.76 Å². The van der Waals surface area contributed by atoms with Crippen LogP contribution >= 0.6 is 0 Å². The first kappa shape index (κ1) is 14.5. The molecule has 2 aromatic carbocycles. The predicted octanol–water partition coefficient (Wildman–Crippen LogP) is 4.78. The average Bonchev–Trinajstić information content (AvgIpc) is 3.09. The van der Waals surface area contributed by atoms with Gasteiger partial charge in [-0.15, -0.1) is 0 Å². The second-order valence-electron chi connectivity index (χ2n) is 5.67. The van der Waals surface area contributed by atoms with Crippen LogP contribution in [0.15, 0.2) is 71.4 Å². The molecule has 0 N–H and O–H groups in total. The number of pyridine rings is 1. The molecule has 0 aliphatic heterocycles. The van der Waals surface area contributed by atoms with Gasteiger partial charge in [0.2, 0.25) is 0 Å². The van der Waals surface area contributed by atoms with E-state index in [1.54, 1.807) is 6.20 Å². The Balaban J connectivity index is 1.53. The van der Waals surface area contributed by atoms with E-state index < -0.39 is 0 Å². The van der Waals surface area contributed by atoms with Crippen LogP contribution in [0, 0.1) is 6.92 Å². The van der Waals surface area contributed by atoms with Gasteiger partial charge in [-0.05, 0) is 19.1 Å². The summed E-state index contributed by atoms with van der Waals surface area (Å²) in [5.74, 6) is 1.48. The highest BCUT2D eigenvalue weighted by Gasteiger charge is 2.09. The zero-order valence-corrected chi connectivity index (χ0v) is 13.3. The molecule has 2 heterocycles. The lowest BCUT2D eigenvalue weighted by atomic mass is 10.1. The molecule has 2 aromatic heterocycles. The Bertz CT molecular complexity index is 969. The van der Waals surface area contributed by atoms with Crippen molar-refractivity contribution in [2.75, 3.05) is 0 Å². The molecule has 0 aliphatic rings. The van der Waals surface area contributed by atoms with E-state index in [2.05, 4.69) is 29.2 Å². The third-order valence-corrected chi connectivity index (χ3v) is 3.87. The van der Waals surface area contributed by atoms with Gasteiger partial charge in [-0.1, -0.05) is 53.2 Å². The van der Waals surface area contributed by atoms with Gasteiger partial charge >= 0.3 is 0 Å². The molecule has 0 saturated heterocycles. The van der Waals surface area contributed by atoms with Gasteiger partial charge in [0.1, 0.15) is 23.6 Å². The summed E-state index contributed by atoms with van der Waals surface area (Å²) in [6.07, 6.45) is 1.76. The largest absolute Gasteiger partial charge is 0.485 e. The monoisotopic (exact) mass is 316 g/mol. The molecule has 118 valence electrons. The van der Waals surface area contributed by atoms with Gasteiger partial charge in [-0.2, -0.15) is 0 Å². The molecule has 4 rings (SSSR count). The van der Waals surface area contributed by atoms with Gasteiger partial charge < -0.3 is 9.26 Å². The smallest absolute Gasteiger partial charge is 0.167 e. The Morgan fingerprint density at radius 3 is 2.71 bits per heavy atom. The summed E-state index contributed by atoms with van der Waals surface area (Å²) in [5.41, 5.74) is 3.82. The van der Waals surface area contributed by atoms with E-state index >= 15 is 0 Å². The second kappa shape index (κ2) is 6.16. The van der Waals surface area contributed by atoms with Gasteiger partial charge in [-0.3, -0.25) is 4.98 Å². The molecule has 24 heavy (non-hydrogen) atoms. The average molecular weight is 316 g/mol. The maximum atomic E-state index is 5.89. The van der Waals surface area contributed by atoms with Crippen LogP contribution in [0.3, 0.4) is 0 Å². The topological polar surface area (TPSA) is 48.2 Å². The van der Waals surface area contributed by atoms with E-state index in [-0.39, 0.29) is 0 Å². The zero-order valence-electron chi connectivity index (χ0n) is 13.3. The zero-order chi connectivity index (χ0) is 16.4. The van der Waals surface area contributed by atoms with Crippen molar-refractivity contribution in [3.63, 3.8) is 0 Å². The summed E-state index contributed by atoms with van der Waals surface area (Å²) in [7, 11) is 0. The third-order valence-electron chi connectivity index (χ3n) is 3.87. The normalized spacial score (nSPS) is 10.9. The highest BCUT2D eigenvalue weighted by atomic mass is 16.5. The van der Waals surface area contributed by atoms with E-state index in [1.165, 1.54) is 5.56 Å². The number of ether oxygens (including phenoxy) is 1. The number of para-hydroxylation sites is 1. The SMILES string of the molecule is Cc1ccc(-c2cc(COc3cccc4cccnc34)no2)cc1.